The summed E-state index contributed by atoms with van der Waals surface area (Å²) in [5, 5.41) is 7.67. The highest BCUT2D eigenvalue weighted by Crippen LogP contribution is 2.26. The van der Waals surface area contributed by atoms with Crippen molar-refractivity contribution < 1.29 is 13.9 Å². The van der Waals surface area contributed by atoms with Crippen molar-refractivity contribution in [2.45, 2.75) is 19.1 Å². The zero-order valence-corrected chi connectivity index (χ0v) is 16.1. The van der Waals surface area contributed by atoms with E-state index in [0.29, 0.717) is 30.9 Å². The normalized spacial score (nSPS) is 16.0. The van der Waals surface area contributed by atoms with Crippen molar-refractivity contribution >= 4 is 29.5 Å². The summed E-state index contributed by atoms with van der Waals surface area (Å²) in [5.74, 6) is 1.80. The summed E-state index contributed by atoms with van der Waals surface area (Å²) in [4.78, 5) is 15.1. The summed E-state index contributed by atoms with van der Waals surface area (Å²) in [5.41, 5.74) is 1.11. The maximum atomic E-state index is 14.7. The van der Waals surface area contributed by atoms with E-state index in [1.165, 1.54) is 11.0 Å². The Morgan fingerprint density at radius 1 is 1.41 bits per heavy atom. The van der Waals surface area contributed by atoms with Crippen LogP contribution in [0.15, 0.2) is 30.6 Å². The average molecular weight is 393 g/mol. The Labute approximate surface area is 162 Å². The summed E-state index contributed by atoms with van der Waals surface area (Å²) < 4.78 is 21.8. The van der Waals surface area contributed by atoms with Crippen LogP contribution < -0.4 is 9.80 Å². The highest BCUT2D eigenvalue weighted by molar-refractivity contribution is 7.99. The van der Waals surface area contributed by atoms with E-state index in [1.54, 1.807) is 36.3 Å². The number of ether oxygens (including phenoxy) is 1. The van der Waals surface area contributed by atoms with E-state index in [9.17, 15) is 9.18 Å². The van der Waals surface area contributed by atoms with Gasteiger partial charge in [0.05, 0.1) is 31.1 Å². The molecule has 1 fully saturated rings. The third-order valence-electron chi connectivity index (χ3n) is 4.55. The highest BCUT2D eigenvalue weighted by atomic mass is 32.2. The van der Waals surface area contributed by atoms with Crippen LogP contribution in [0.5, 0.6) is 0 Å². The zero-order chi connectivity index (χ0) is 19.1. The predicted molar refractivity (Wildman–Crippen MR) is 105 cm³/mol. The van der Waals surface area contributed by atoms with Crippen LogP contribution in [0.2, 0.25) is 0 Å². The molecule has 27 heavy (non-hydrogen) atoms. The van der Waals surface area contributed by atoms with Crippen molar-refractivity contribution in [1.82, 2.24) is 15.0 Å². The molecule has 0 bridgehead atoms. The summed E-state index contributed by atoms with van der Waals surface area (Å²) in [6.07, 6.45) is 4.77. The number of amides is 1. The fourth-order valence-electron chi connectivity index (χ4n) is 3.09. The van der Waals surface area contributed by atoms with Gasteiger partial charge in [0.2, 0.25) is 6.41 Å². The number of hydrogen-bond acceptors (Lipinski definition) is 6. The van der Waals surface area contributed by atoms with E-state index in [4.69, 9.17) is 4.74 Å². The second kappa shape index (κ2) is 9.70. The van der Waals surface area contributed by atoms with E-state index < -0.39 is 0 Å². The fraction of sp³-hybridized carbons (Fsp3) is 0.500. The number of hydrogen-bond donors (Lipinski definition) is 0. The van der Waals surface area contributed by atoms with Crippen molar-refractivity contribution in [3.8, 4) is 0 Å². The quantitative estimate of drug-likeness (QED) is 0.640. The summed E-state index contributed by atoms with van der Waals surface area (Å²) in [6, 6.07) is 4.97. The van der Waals surface area contributed by atoms with Crippen LogP contribution in [-0.2, 0) is 16.1 Å². The van der Waals surface area contributed by atoms with Gasteiger partial charge in [0, 0.05) is 37.8 Å². The van der Waals surface area contributed by atoms with Gasteiger partial charge < -0.3 is 14.5 Å². The number of methoxy groups -OCH3 is 1. The molecule has 0 aliphatic carbocycles. The molecule has 0 radical (unpaired) electrons. The lowest BCUT2D eigenvalue weighted by Crippen LogP contribution is -2.35. The van der Waals surface area contributed by atoms with Crippen LogP contribution in [0.1, 0.15) is 6.42 Å². The van der Waals surface area contributed by atoms with E-state index in [-0.39, 0.29) is 11.9 Å². The van der Waals surface area contributed by atoms with Gasteiger partial charge in [-0.1, -0.05) is 5.21 Å². The average Bonchev–Trinajstić information content (AvgIpc) is 3.05. The first kappa shape index (κ1) is 19.6. The number of thioether (sulfide) groups is 1. The SMILES string of the molecule is COC(CN(C=O)c1ccc(N2CCCSCC2)c(F)c1)Cn1ccnn1. The standard InChI is InChI=1S/C18H24FN5O2S/c1-26-16(13-24-7-5-20-21-24)12-23(14-25)15-3-4-18(17(19)11-15)22-6-2-9-27-10-8-22/h3-5,7,11,14,16H,2,6,8-10,12-13H2,1H3. The van der Waals surface area contributed by atoms with Gasteiger partial charge in [0.1, 0.15) is 5.82 Å². The Morgan fingerprint density at radius 2 is 2.30 bits per heavy atom. The Kier molecular flexibility index (Phi) is 7.05. The number of benzene rings is 1. The minimum atomic E-state index is -0.309. The molecule has 0 spiro atoms. The molecular weight excluding hydrogens is 369 g/mol. The fourth-order valence-corrected chi connectivity index (χ4v) is 3.98. The smallest absolute Gasteiger partial charge is 0.214 e. The van der Waals surface area contributed by atoms with Crippen LogP contribution in [0.3, 0.4) is 0 Å². The maximum Gasteiger partial charge on any atom is 0.214 e. The second-order valence-corrected chi connectivity index (χ2v) is 7.55. The summed E-state index contributed by atoms with van der Waals surface area (Å²) in [6.45, 7) is 2.43. The topological polar surface area (TPSA) is 63.5 Å². The highest BCUT2D eigenvalue weighted by Gasteiger charge is 2.19. The molecule has 146 valence electrons. The van der Waals surface area contributed by atoms with Crippen molar-refractivity contribution in [2.75, 3.05) is 48.0 Å². The molecule has 1 aliphatic heterocycles. The van der Waals surface area contributed by atoms with Gasteiger partial charge >= 0.3 is 0 Å². The van der Waals surface area contributed by atoms with Gasteiger partial charge in [-0.2, -0.15) is 11.8 Å². The van der Waals surface area contributed by atoms with Crippen LogP contribution in [0.4, 0.5) is 15.8 Å². The molecule has 1 atom stereocenters. The zero-order valence-electron chi connectivity index (χ0n) is 15.3. The van der Waals surface area contributed by atoms with E-state index in [2.05, 4.69) is 15.2 Å². The number of carbonyl (C=O) groups is 1. The minimum Gasteiger partial charge on any atom is -0.378 e. The van der Waals surface area contributed by atoms with Crippen molar-refractivity contribution in [1.29, 1.82) is 0 Å². The molecule has 1 unspecified atom stereocenters. The predicted octanol–water partition coefficient (Wildman–Crippen LogP) is 2.04. The Balaban J connectivity index is 1.70. The van der Waals surface area contributed by atoms with E-state index >= 15 is 0 Å². The number of carbonyl (C=O) groups excluding carboxylic acids is 1. The van der Waals surface area contributed by atoms with Crippen LogP contribution in [-0.4, -0.2) is 65.8 Å². The summed E-state index contributed by atoms with van der Waals surface area (Å²) in [7, 11) is 1.58. The third kappa shape index (κ3) is 5.20. The molecule has 9 heteroatoms. The summed E-state index contributed by atoms with van der Waals surface area (Å²) >= 11 is 1.90. The van der Waals surface area contributed by atoms with Crippen LogP contribution in [0.25, 0.3) is 0 Å². The molecule has 1 aliphatic rings. The lowest BCUT2D eigenvalue weighted by molar-refractivity contribution is -0.107. The monoisotopic (exact) mass is 393 g/mol. The lowest BCUT2D eigenvalue weighted by Gasteiger charge is -2.26. The molecule has 0 saturated carbocycles. The molecular formula is C18H24FN5O2S. The molecule has 1 aromatic heterocycles. The van der Waals surface area contributed by atoms with Crippen molar-refractivity contribution in [3.05, 3.63) is 36.4 Å². The number of anilines is 2. The van der Waals surface area contributed by atoms with Gasteiger partial charge in [-0.05, 0) is 30.4 Å². The second-order valence-electron chi connectivity index (χ2n) is 6.33. The first-order valence-electron chi connectivity index (χ1n) is 8.92. The van der Waals surface area contributed by atoms with E-state index in [1.807, 2.05) is 11.8 Å². The van der Waals surface area contributed by atoms with Gasteiger partial charge in [0.15, 0.2) is 0 Å². The van der Waals surface area contributed by atoms with Gasteiger partial charge in [-0.15, -0.1) is 5.10 Å². The molecule has 2 aromatic rings. The van der Waals surface area contributed by atoms with E-state index in [0.717, 1.165) is 31.0 Å². The Hall–Kier alpha value is -2.13. The maximum absolute atomic E-state index is 14.7. The Morgan fingerprint density at radius 3 is 3.00 bits per heavy atom. The Bertz CT molecular complexity index is 723. The number of nitrogens with zero attached hydrogens (tertiary/aromatic N) is 5. The first-order valence-corrected chi connectivity index (χ1v) is 10.1. The van der Waals surface area contributed by atoms with Gasteiger partial charge in [0.25, 0.3) is 0 Å². The lowest BCUT2D eigenvalue weighted by atomic mass is 10.2. The molecule has 7 nitrogen and oxygen atoms in total. The molecule has 3 rings (SSSR count). The number of halogens is 1. The van der Waals surface area contributed by atoms with Crippen molar-refractivity contribution in [2.24, 2.45) is 0 Å². The van der Waals surface area contributed by atoms with Crippen LogP contribution >= 0.6 is 11.8 Å². The number of aromatic nitrogens is 3. The van der Waals surface area contributed by atoms with Gasteiger partial charge in [-0.25, -0.2) is 9.07 Å². The van der Waals surface area contributed by atoms with Crippen LogP contribution in [0, 0.1) is 5.82 Å². The molecule has 1 aromatic carbocycles. The molecule has 2 heterocycles. The molecule has 1 saturated heterocycles. The molecule has 1 amide bonds. The van der Waals surface area contributed by atoms with Crippen molar-refractivity contribution in [3.63, 3.8) is 0 Å². The molecule has 0 N–H and O–H groups in total. The largest absolute Gasteiger partial charge is 0.378 e. The third-order valence-corrected chi connectivity index (χ3v) is 5.60. The first-order chi connectivity index (χ1) is 13.2. The minimum absolute atomic E-state index is 0.290. The van der Waals surface area contributed by atoms with Gasteiger partial charge in [-0.3, -0.25) is 4.79 Å². The number of rotatable bonds is 8.